The molecule has 0 aromatic heterocycles. The van der Waals surface area contributed by atoms with Gasteiger partial charge in [-0.3, -0.25) is 0 Å². The Morgan fingerprint density at radius 1 is 1.30 bits per heavy atom. The predicted octanol–water partition coefficient (Wildman–Crippen LogP) is 2.89. The van der Waals surface area contributed by atoms with Crippen molar-refractivity contribution in [2.24, 2.45) is 5.41 Å². The van der Waals surface area contributed by atoms with E-state index in [0.29, 0.717) is 13.1 Å². The van der Waals surface area contributed by atoms with E-state index in [4.69, 9.17) is 0 Å². The molecule has 4 heteroatoms. The van der Waals surface area contributed by atoms with Crippen LogP contribution in [0.4, 0.5) is 10.5 Å². The standard InChI is InChI=1S/C16H25N3O/c1-16(2,3)11-19-15(20)18-10-12-6-4-8-14-13(12)7-5-9-17-14/h4,6,8,17H,5,7,9-11H2,1-3H3,(H2,18,19,20). The van der Waals surface area contributed by atoms with Crippen molar-refractivity contribution < 1.29 is 4.79 Å². The van der Waals surface area contributed by atoms with Crippen LogP contribution in [0.2, 0.25) is 0 Å². The SMILES string of the molecule is CC(C)(C)CNC(=O)NCc1cccc2c1CCCN2. The van der Waals surface area contributed by atoms with Gasteiger partial charge in [0.25, 0.3) is 0 Å². The molecule has 0 radical (unpaired) electrons. The van der Waals surface area contributed by atoms with Crippen LogP contribution in [0.1, 0.15) is 38.3 Å². The zero-order chi connectivity index (χ0) is 14.6. The molecule has 3 N–H and O–H groups in total. The predicted molar refractivity (Wildman–Crippen MR) is 82.9 cm³/mol. The van der Waals surface area contributed by atoms with Gasteiger partial charge >= 0.3 is 6.03 Å². The molecule has 20 heavy (non-hydrogen) atoms. The van der Waals surface area contributed by atoms with Gasteiger partial charge in [-0.2, -0.15) is 0 Å². The van der Waals surface area contributed by atoms with E-state index < -0.39 is 0 Å². The molecule has 0 saturated heterocycles. The summed E-state index contributed by atoms with van der Waals surface area (Å²) in [7, 11) is 0. The molecule has 1 aromatic carbocycles. The van der Waals surface area contributed by atoms with Crippen LogP contribution in [-0.4, -0.2) is 19.1 Å². The third kappa shape index (κ3) is 4.15. The quantitative estimate of drug-likeness (QED) is 0.794. The van der Waals surface area contributed by atoms with E-state index >= 15 is 0 Å². The highest BCUT2D eigenvalue weighted by Gasteiger charge is 2.14. The summed E-state index contributed by atoms with van der Waals surface area (Å²) in [4.78, 5) is 11.8. The summed E-state index contributed by atoms with van der Waals surface area (Å²) in [6.07, 6.45) is 2.24. The molecule has 0 unspecified atom stereocenters. The number of hydrogen-bond donors (Lipinski definition) is 3. The van der Waals surface area contributed by atoms with Gasteiger partial charge in [-0.05, 0) is 35.4 Å². The van der Waals surface area contributed by atoms with E-state index in [9.17, 15) is 4.79 Å². The third-order valence-corrected chi connectivity index (χ3v) is 3.41. The van der Waals surface area contributed by atoms with Crippen molar-refractivity contribution in [2.75, 3.05) is 18.4 Å². The van der Waals surface area contributed by atoms with E-state index in [0.717, 1.165) is 19.4 Å². The topological polar surface area (TPSA) is 53.2 Å². The molecule has 1 aliphatic heterocycles. The number of hydrogen-bond acceptors (Lipinski definition) is 2. The molecule has 0 aliphatic carbocycles. The number of urea groups is 1. The second-order valence-corrected chi connectivity index (χ2v) is 6.57. The van der Waals surface area contributed by atoms with Gasteiger partial charge in [0.05, 0.1) is 0 Å². The second kappa shape index (κ2) is 6.16. The van der Waals surface area contributed by atoms with E-state index in [-0.39, 0.29) is 11.4 Å². The number of anilines is 1. The monoisotopic (exact) mass is 275 g/mol. The van der Waals surface area contributed by atoms with Gasteiger partial charge in [-0.1, -0.05) is 32.9 Å². The normalized spacial score (nSPS) is 14.2. The Hall–Kier alpha value is -1.71. The van der Waals surface area contributed by atoms with Gasteiger partial charge < -0.3 is 16.0 Å². The van der Waals surface area contributed by atoms with Crippen molar-refractivity contribution in [2.45, 2.75) is 40.2 Å². The minimum absolute atomic E-state index is 0.0960. The van der Waals surface area contributed by atoms with E-state index in [1.807, 2.05) is 6.07 Å². The van der Waals surface area contributed by atoms with E-state index in [1.54, 1.807) is 0 Å². The summed E-state index contributed by atoms with van der Waals surface area (Å²) < 4.78 is 0. The minimum Gasteiger partial charge on any atom is -0.385 e. The lowest BCUT2D eigenvalue weighted by molar-refractivity contribution is 0.235. The van der Waals surface area contributed by atoms with Crippen LogP contribution < -0.4 is 16.0 Å². The highest BCUT2D eigenvalue weighted by molar-refractivity contribution is 5.74. The molecule has 0 atom stereocenters. The second-order valence-electron chi connectivity index (χ2n) is 6.57. The molecule has 0 saturated carbocycles. The molecule has 2 amide bonds. The van der Waals surface area contributed by atoms with Gasteiger partial charge in [-0.15, -0.1) is 0 Å². The summed E-state index contributed by atoms with van der Waals surface area (Å²) in [5, 5.41) is 9.26. The lowest BCUT2D eigenvalue weighted by Crippen LogP contribution is -2.39. The summed E-state index contributed by atoms with van der Waals surface area (Å²) >= 11 is 0. The Balaban J connectivity index is 1.89. The van der Waals surface area contributed by atoms with Crippen molar-refractivity contribution >= 4 is 11.7 Å². The maximum Gasteiger partial charge on any atom is 0.315 e. The molecule has 0 spiro atoms. The number of rotatable bonds is 3. The number of benzene rings is 1. The van der Waals surface area contributed by atoms with Crippen LogP contribution in [0.5, 0.6) is 0 Å². The molecule has 4 nitrogen and oxygen atoms in total. The Labute approximate surface area is 121 Å². The Morgan fingerprint density at radius 3 is 2.85 bits per heavy atom. The van der Waals surface area contributed by atoms with Gasteiger partial charge in [-0.25, -0.2) is 4.79 Å². The summed E-state index contributed by atoms with van der Waals surface area (Å²) in [6.45, 7) is 8.61. The fourth-order valence-corrected chi connectivity index (χ4v) is 2.33. The maximum absolute atomic E-state index is 11.8. The van der Waals surface area contributed by atoms with E-state index in [1.165, 1.54) is 16.8 Å². The fourth-order valence-electron chi connectivity index (χ4n) is 2.33. The van der Waals surface area contributed by atoms with Crippen LogP contribution in [-0.2, 0) is 13.0 Å². The average Bonchev–Trinajstić information content (AvgIpc) is 2.42. The summed E-state index contributed by atoms with van der Waals surface area (Å²) in [6, 6.07) is 6.15. The molecular formula is C16H25N3O. The largest absolute Gasteiger partial charge is 0.385 e. The zero-order valence-electron chi connectivity index (χ0n) is 12.7. The highest BCUT2D eigenvalue weighted by atomic mass is 16.2. The maximum atomic E-state index is 11.8. The first-order valence-electron chi connectivity index (χ1n) is 7.32. The first-order chi connectivity index (χ1) is 9.46. The van der Waals surface area contributed by atoms with Crippen molar-refractivity contribution in [3.8, 4) is 0 Å². The lowest BCUT2D eigenvalue weighted by atomic mass is 9.97. The van der Waals surface area contributed by atoms with E-state index in [2.05, 4.69) is 48.9 Å². The van der Waals surface area contributed by atoms with Crippen LogP contribution in [0.25, 0.3) is 0 Å². The van der Waals surface area contributed by atoms with Gasteiger partial charge in [0.15, 0.2) is 0 Å². The van der Waals surface area contributed by atoms with Crippen LogP contribution in [0.3, 0.4) is 0 Å². The van der Waals surface area contributed by atoms with Crippen molar-refractivity contribution in [1.29, 1.82) is 0 Å². The Morgan fingerprint density at radius 2 is 2.10 bits per heavy atom. The molecule has 2 rings (SSSR count). The Bertz CT molecular complexity index is 477. The van der Waals surface area contributed by atoms with Gasteiger partial charge in [0.2, 0.25) is 0 Å². The van der Waals surface area contributed by atoms with Crippen LogP contribution in [0, 0.1) is 5.41 Å². The van der Waals surface area contributed by atoms with Crippen molar-refractivity contribution in [3.63, 3.8) is 0 Å². The minimum atomic E-state index is -0.0960. The summed E-state index contributed by atoms with van der Waals surface area (Å²) in [5.74, 6) is 0. The molecule has 1 aliphatic rings. The molecular weight excluding hydrogens is 250 g/mol. The number of fused-ring (bicyclic) bond motifs is 1. The third-order valence-electron chi connectivity index (χ3n) is 3.41. The summed E-state index contributed by atoms with van der Waals surface area (Å²) in [5.41, 5.74) is 3.87. The van der Waals surface area contributed by atoms with Gasteiger partial charge in [0.1, 0.15) is 0 Å². The van der Waals surface area contributed by atoms with Crippen molar-refractivity contribution in [1.82, 2.24) is 10.6 Å². The Kier molecular flexibility index (Phi) is 4.53. The highest BCUT2D eigenvalue weighted by Crippen LogP contribution is 2.25. The number of carbonyl (C=O) groups excluding carboxylic acids is 1. The molecule has 1 aromatic rings. The first kappa shape index (κ1) is 14.7. The number of amides is 2. The number of nitrogens with one attached hydrogen (secondary N) is 3. The molecule has 110 valence electrons. The zero-order valence-corrected chi connectivity index (χ0v) is 12.7. The first-order valence-corrected chi connectivity index (χ1v) is 7.32. The lowest BCUT2D eigenvalue weighted by Gasteiger charge is -2.22. The van der Waals surface area contributed by atoms with Crippen LogP contribution >= 0.6 is 0 Å². The van der Waals surface area contributed by atoms with Crippen LogP contribution in [0.15, 0.2) is 18.2 Å². The molecule has 0 fully saturated rings. The smallest absolute Gasteiger partial charge is 0.315 e. The number of carbonyl (C=O) groups is 1. The molecule has 0 bridgehead atoms. The fraction of sp³-hybridized carbons (Fsp3) is 0.562. The average molecular weight is 275 g/mol. The van der Waals surface area contributed by atoms with Crippen molar-refractivity contribution in [3.05, 3.63) is 29.3 Å². The van der Waals surface area contributed by atoms with Gasteiger partial charge in [0, 0.05) is 25.3 Å². The molecule has 1 heterocycles.